The van der Waals surface area contributed by atoms with Gasteiger partial charge in [0.2, 0.25) is 11.0 Å². The molecule has 2 N–H and O–H groups in total. The van der Waals surface area contributed by atoms with Crippen LogP contribution in [0.5, 0.6) is 11.5 Å². The molecule has 0 aliphatic heterocycles. The molecule has 4 rings (SSSR count). The maximum atomic E-state index is 12.4. The summed E-state index contributed by atoms with van der Waals surface area (Å²) in [6, 6.07) is 15.2. The van der Waals surface area contributed by atoms with Crippen LogP contribution in [-0.4, -0.2) is 45.8 Å². The molecule has 0 radical (unpaired) electrons. The zero-order valence-corrected chi connectivity index (χ0v) is 23.4. The van der Waals surface area contributed by atoms with Gasteiger partial charge in [-0.15, -0.1) is 28.5 Å². The Bertz CT molecular complexity index is 1470. The molecule has 43 heavy (non-hydrogen) atoms. The van der Waals surface area contributed by atoms with E-state index >= 15 is 0 Å². The lowest BCUT2D eigenvalue weighted by atomic mass is 10.1. The van der Waals surface area contributed by atoms with E-state index in [2.05, 4.69) is 40.5 Å². The smallest absolute Gasteiger partial charge is 0.435 e. The van der Waals surface area contributed by atoms with Gasteiger partial charge in [-0.05, 0) is 73.2 Å². The lowest BCUT2D eigenvalue weighted by Gasteiger charge is -2.10. The van der Waals surface area contributed by atoms with E-state index in [0.717, 1.165) is 47.7 Å². The maximum Gasteiger partial charge on any atom is 0.573 e. The summed E-state index contributed by atoms with van der Waals surface area (Å²) in [6.07, 6.45) is -1.27. The van der Waals surface area contributed by atoms with Crippen molar-refractivity contribution in [2.24, 2.45) is 0 Å². The monoisotopic (exact) mass is 622 g/mol. The van der Waals surface area contributed by atoms with E-state index in [0.29, 0.717) is 30.1 Å². The van der Waals surface area contributed by atoms with E-state index in [9.17, 15) is 26.7 Å². The average molecular weight is 623 g/mol. The Hall–Kier alpha value is -4.40. The fourth-order valence-electron chi connectivity index (χ4n) is 3.98. The fourth-order valence-corrected chi connectivity index (χ4v) is 4.79. The second-order valence-corrected chi connectivity index (χ2v) is 10.3. The molecule has 0 saturated carbocycles. The summed E-state index contributed by atoms with van der Waals surface area (Å²) in [5.74, 6) is -0.488. The molecule has 0 fully saturated rings. The van der Waals surface area contributed by atoms with Crippen molar-refractivity contribution < 1.29 is 36.2 Å². The van der Waals surface area contributed by atoms with Crippen LogP contribution in [0.15, 0.2) is 60.7 Å². The Morgan fingerprint density at radius 2 is 1.60 bits per heavy atom. The van der Waals surface area contributed by atoms with Gasteiger partial charge in [-0.2, -0.15) is 13.9 Å². The molecule has 0 aliphatic carbocycles. The number of anilines is 2. The number of benzene rings is 2. The first-order chi connectivity index (χ1) is 20.6. The summed E-state index contributed by atoms with van der Waals surface area (Å²) < 4.78 is 70.3. The van der Waals surface area contributed by atoms with E-state index in [1.165, 1.54) is 29.5 Å². The predicted molar refractivity (Wildman–Crippen MR) is 149 cm³/mol. The number of aryl methyl sites for hydroxylation is 2. The number of carbonyl (C=O) groups excluding carboxylic acids is 1. The normalized spacial score (nSPS) is 11.4. The average Bonchev–Trinajstić information content (AvgIpc) is 3.38. The number of nitrogens with zero attached hydrogens (tertiary/aromatic N) is 4. The molecule has 228 valence electrons. The van der Waals surface area contributed by atoms with Gasteiger partial charge in [0.1, 0.15) is 16.5 Å². The molecule has 0 saturated heterocycles. The number of unbranched alkanes of at least 4 members (excludes halogenated alkanes) is 1. The van der Waals surface area contributed by atoms with Crippen LogP contribution in [0.2, 0.25) is 0 Å². The summed E-state index contributed by atoms with van der Waals surface area (Å²) in [5, 5.41) is 23.8. The highest BCUT2D eigenvalue weighted by Crippen LogP contribution is 2.24. The summed E-state index contributed by atoms with van der Waals surface area (Å²) >= 11 is 1.45. The number of carbonyl (C=O) groups is 1. The molecule has 4 aromatic rings. The van der Waals surface area contributed by atoms with Crippen LogP contribution in [0.25, 0.3) is 0 Å². The number of hydrogen-bond acceptors (Lipinski definition) is 9. The standard InChI is InChI=1S/C28H27F5N6O3S/c29-26(30)41-21-8-3-5-18(15-21)13-14-34-27-39-38-25(43-27)10-2-1-7-20-11-12-23(37-36-20)35-24(40)17-19-6-4-9-22(16-19)42-28(31,32)33/h3-6,8-9,11-12,15-16,26H,1-2,7,10,13-14,17H2,(H,34,39)(H,35,37,40). The van der Waals surface area contributed by atoms with Gasteiger partial charge in [0, 0.05) is 13.0 Å². The van der Waals surface area contributed by atoms with Gasteiger partial charge in [-0.3, -0.25) is 4.79 Å². The molecule has 2 heterocycles. The van der Waals surface area contributed by atoms with E-state index in [-0.39, 0.29) is 18.0 Å². The number of hydrogen-bond donors (Lipinski definition) is 2. The molecule has 15 heteroatoms. The molecule has 0 atom stereocenters. The van der Waals surface area contributed by atoms with Crippen molar-refractivity contribution in [3.8, 4) is 11.5 Å². The molecule has 0 bridgehead atoms. The van der Waals surface area contributed by atoms with E-state index in [4.69, 9.17) is 0 Å². The van der Waals surface area contributed by atoms with Gasteiger partial charge in [0.05, 0.1) is 12.1 Å². The number of halogens is 5. The fraction of sp³-hybridized carbons (Fsp3) is 0.321. The van der Waals surface area contributed by atoms with Crippen molar-refractivity contribution in [2.45, 2.75) is 51.5 Å². The van der Waals surface area contributed by atoms with Gasteiger partial charge in [0.15, 0.2) is 5.82 Å². The molecule has 0 unspecified atom stereocenters. The second kappa shape index (κ2) is 15.2. The second-order valence-electron chi connectivity index (χ2n) is 9.24. The molecular weight excluding hydrogens is 595 g/mol. The predicted octanol–water partition coefficient (Wildman–Crippen LogP) is 6.23. The van der Waals surface area contributed by atoms with Crippen LogP contribution < -0.4 is 20.1 Å². The number of nitrogens with one attached hydrogen (secondary N) is 2. The maximum absolute atomic E-state index is 12.4. The van der Waals surface area contributed by atoms with Gasteiger partial charge in [-0.25, -0.2) is 0 Å². The highest BCUT2D eigenvalue weighted by Gasteiger charge is 2.31. The van der Waals surface area contributed by atoms with E-state index in [1.54, 1.807) is 24.3 Å². The number of rotatable bonds is 15. The number of amides is 1. The van der Waals surface area contributed by atoms with Crippen LogP contribution in [-0.2, 0) is 30.5 Å². The molecule has 2 aromatic carbocycles. The van der Waals surface area contributed by atoms with Crippen LogP contribution in [0.3, 0.4) is 0 Å². The molecule has 2 aromatic heterocycles. The number of ether oxygens (including phenoxy) is 2. The van der Waals surface area contributed by atoms with E-state index < -0.39 is 24.6 Å². The highest BCUT2D eigenvalue weighted by molar-refractivity contribution is 7.15. The minimum Gasteiger partial charge on any atom is -0.435 e. The zero-order valence-electron chi connectivity index (χ0n) is 22.6. The number of aromatic nitrogens is 4. The third kappa shape index (κ3) is 11.4. The molecule has 0 spiro atoms. The quantitative estimate of drug-likeness (QED) is 0.119. The minimum atomic E-state index is -4.81. The third-order valence-electron chi connectivity index (χ3n) is 5.84. The third-order valence-corrected chi connectivity index (χ3v) is 6.78. The Morgan fingerprint density at radius 1 is 0.860 bits per heavy atom. The SMILES string of the molecule is O=C(Cc1cccc(OC(F)(F)F)c1)Nc1ccc(CCCCc2nnc(NCCc3cccc(OC(F)F)c3)s2)nn1. The van der Waals surface area contributed by atoms with E-state index in [1.807, 2.05) is 6.07 Å². The molecule has 1 amide bonds. The van der Waals surface area contributed by atoms with Crippen LogP contribution >= 0.6 is 11.3 Å². The van der Waals surface area contributed by atoms with Crippen molar-refractivity contribution in [3.05, 3.63) is 82.5 Å². The Labute approximate surface area is 247 Å². The first kappa shape index (κ1) is 31.5. The molecule has 9 nitrogen and oxygen atoms in total. The topological polar surface area (TPSA) is 111 Å². The Kier molecular flexibility index (Phi) is 11.1. The summed E-state index contributed by atoms with van der Waals surface area (Å²) in [5.41, 5.74) is 1.96. The largest absolute Gasteiger partial charge is 0.573 e. The first-order valence-corrected chi connectivity index (χ1v) is 14.0. The lowest BCUT2D eigenvalue weighted by Crippen LogP contribution is -2.18. The Morgan fingerprint density at radius 3 is 2.35 bits per heavy atom. The minimum absolute atomic E-state index is 0.126. The summed E-state index contributed by atoms with van der Waals surface area (Å²) in [4.78, 5) is 12.3. The highest BCUT2D eigenvalue weighted by atomic mass is 32.1. The molecule has 0 aliphatic rings. The van der Waals surface area contributed by atoms with Crippen molar-refractivity contribution >= 4 is 28.2 Å². The van der Waals surface area contributed by atoms with Crippen molar-refractivity contribution in [1.82, 2.24) is 20.4 Å². The van der Waals surface area contributed by atoms with Crippen molar-refractivity contribution in [1.29, 1.82) is 0 Å². The van der Waals surface area contributed by atoms with Gasteiger partial charge in [-0.1, -0.05) is 35.6 Å². The Balaban J connectivity index is 1.13. The number of alkyl halides is 5. The van der Waals surface area contributed by atoms with Crippen LogP contribution in [0.1, 0.15) is 34.7 Å². The summed E-state index contributed by atoms with van der Waals surface area (Å²) in [6.45, 7) is -2.30. The van der Waals surface area contributed by atoms with Crippen LogP contribution in [0, 0.1) is 0 Å². The van der Waals surface area contributed by atoms with Crippen molar-refractivity contribution in [2.75, 3.05) is 17.2 Å². The molecular formula is C28H27F5N6O3S. The van der Waals surface area contributed by atoms with Crippen LogP contribution in [0.4, 0.5) is 32.9 Å². The zero-order chi connectivity index (χ0) is 30.7. The summed E-state index contributed by atoms with van der Waals surface area (Å²) in [7, 11) is 0. The lowest BCUT2D eigenvalue weighted by molar-refractivity contribution is -0.274. The van der Waals surface area contributed by atoms with Gasteiger partial charge >= 0.3 is 13.0 Å². The van der Waals surface area contributed by atoms with Crippen molar-refractivity contribution in [3.63, 3.8) is 0 Å². The van der Waals surface area contributed by atoms with Gasteiger partial charge < -0.3 is 20.1 Å². The first-order valence-electron chi connectivity index (χ1n) is 13.2. The van der Waals surface area contributed by atoms with Gasteiger partial charge in [0.25, 0.3) is 0 Å².